The van der Waals surface area contributed by atoms with Crippen LogP contribution in [0.15, 0.2) is 36.7 Å². The molecular weight excluding hydrogens is 280 g/mol. The van der Waals surface area contributed by atoms with E-state index in [9.17, 15) is 9.59 Å². The van der Waals surface area contributed by atoms with E-state index in [0.717, 1.165) is 21.8 Å². The zero-order valence-corrected chi connectivity index (χ0v) is 11.6. The third-order valence-corrected chi connectivity index (χ3v) is 4.36. The molecule has 1 aromatic carbocycles. The average molecular weight is 290 g/mol. The Morgan fingerprint density at radius 2 is 1.95 bits per heavy atom. The van der Waals surface area contributed by atoms with E-state index in [1.807, 2.05) is 35.9 Å². The number of carbonyl (C=O) groups is 2. The van der Waals surface area contributed by atoms with E-state index in [1.165, 1.54) is 0 Å². The Hall–Kier alpha value is -3.15. The molecule has 0 unspecified atom stereocenters. The fraction of sp³-hybridized carbons (Fsp3) is 0.0625. The van der Waals surface area contributed by atoms with Crippen molar-refractivity contribution in [3.8, 4) is 0 Å². The second-order valence-corrected chi connectivity index (χ2v) is 5.43. The summed E-state index contributed by atoms with van der Waals surface area (Å²) in [6, 6.07) is 7.84. The fourth-order valence-electron chi connectivity index (χ4n) is 3.47. The van der Waals surface area contributed by atoms with Gasteiger partial charge in [-0.3, -0.25) is 19.3 Å². The summed E-state index contributed by atoms with van der Waals surface area (Å²) in [5.41, 5.74) is 3.33. The molecule has 2 amide bonds. The van der Waals surface area contributed by atoms with Crippen molar-refractivity contribution >= 4 is 39.3 Å². The lowest BCUT2D eigenvalue weighted by Gasteiger charge is -2.05. The number of amides is 2. The van der Waals surface area contributed by atoms with E-state index in [2.05, 4.69) is 10.3 Å². The molecule has 0 radical (unpaired) electrons. The number of rotatable bonds is 0. The molecule has 1 aliphatic heterocycles. The van der Waals surface area contributed by atoms with Gasteiger partial charge in [0.1, 0.15) is 5.69 Å². The molecule has 0 fully saturated rings. The number of nitrogens with one attached hydrogen (secondary N) is 1. The number of imidazole rings is 1. The van der Waals surface area contributed by atoms with Gasteiger partial charge in [0.2, 0.25) is 0 Å². The topological polar surface area (TPSA) is 68.4 Å². The molecule has 6 nitrogen and oxygen atoms in total. The Morgan fingerprint density at radius 3 is 2.82 bits per heavy atom. The highest BCUT2D eigenvalue weighted by Gasteiger charge is 2.34. The normalized spacial score (nSPS) is 14.2. The Bertz CT molecular complexity index is 1150. The number of nitrogens with zero attached hydrogens (tertiary/aromatic N) is 3. The molecule has 0 spiro atoms. The summed E-state index contributed by atoms with van der Waals surface area (Å²) in [5.74, 6) is -0.727. The lowest BCUT2D eigenvalue weighted by Crippen LogP contribution is -2.20. The number of para-hydroxylation sites is 1. The summed E-state index contributed by atoms with van der Waals surface area (Å²) in [6.07, 6.45) is 3.35. The first-order valence-corrected chi connectivity index (χ1v) is 6.90. The standard InChI is InChI=1S/C16H10N4O2/c1-19-9-5-3-2-4-8(9)10-11-13(16(22)18-15(11)21)20-7-6-17-14(20)12(10)19/h2-7H,1H3,(H,18,21,22). The van der Waals surface area contributed by atoms with Crippen molar-refractivity contribution in [3.05, 3.63) is 47.9 Å². The molecule has 1 N–H and O–H groups in total. The van der Waals surface area contributed by atoms with Crippen LogP contribution in [0.4, 0.5) is 0 Å². The predicted octanol–water partition coefficient (Wildman–Crippen LogP) is 1.86. The molecule has 0 aliphatic carbocycles. The van der Waals surface area contributed by atoms with Crippen molar-refractivity contribution < 1.29 is 9.59 Å². The lowest BCUT2D eigenvalue weighted by molar-refractivity contribution is 0.0878. The van der Waals surface area contributed by atoms with Gasteiger partial charge in [0, 0.05) is 35.7 Å². The van der Waals surface area contributed by atoms with Gasteiger partial charge in [-0.2, -0.15) is 0 Å². The molecular formula is C16H10N4O2. The van der Waals surface area contributed by atoms with Crippen LogP contribution < -0.4 is 5.32 Å². The maximum atomic E-state index is 12.3. The van der Waals surface area contributed by atoms with Gasteiger partial charge >= 0.3 is 0 Å². The number of hydrogen-bond acceptors (Lipinski definition) is 3. The third-order valence-electron chi connectivity index (χ3n) is 4.36. The molecule has 22 heavy (non-hydrogen) atoms. The molecule has 0 saturated heterocycles. The van der Waals surface area contributed by atoms with E-state index in [1.54, 1.807) is 16.8 Å². The lowest BCUT2D eigenvalue weighted by atomic mass is 10.1. The molecule has 0 atom stereocenters. The molecule has 3 aromatic heterocycles. The second kappa shape index (κ2) is 3.54. The van der Waals surface area contributed by atoms with Crippen molar-refractivity contribution in [2.45, 2.75) is 0 Å². The van der Waals surface area contributed by atoms with E-state index >= 15 is 0 Å². The summed E-state index contributed by atoms with van der Waals surface area (Å²) in [4.78, 5) is 28.9. The van der Waals surface area contributed by atoms with Crippen LogP contribution in [0, 0.1) is 0 Å². The number of imide groups is 1. The van der Waals surface area contributed by atoms with E-state index in [0.29, 0.717) is 16.9 Å². The van der Waals surface area contributed by atoms with Crippen LogP contribution >= 0.6 is 0 Å². The summed E-state index contributed by atoms with van der Waals surface area (Å²) in [7, 11) is 1.94. The van der Waals surface area contributed by atoms with Crippen LogP contribution in [-0.4, -0.2) is 25.8 Å². The number of pyridine rings is 1. The molecule has 4 aromatic rings. The van der Waals surface area contributed by atoms with Gasteiger partial charge in [0.25, 0.3) is 11.8 Å². The Balaban J connectivity index is 2.23. The third kappa shape index (κ3) is 1.11. The quantitative estimate of drug-likeness (QED) is 0.503. The van der Waals surface area contributed by atoms with Crippen molar-refractivity contribution in [1.82, 2.24) is 19.3 Å². The van der Waals surface area contributed by atoms with Gasteiger partial charge in [0.15, 0.2) is 5.65 Å². The van der Waals surface area contributed by atoms with Crippen molar-refractivity contribution in [1.29, 1.82) is 0 Å². The van der Waals surface area contributed by atoms with Crippen LogP contribution in [0.1, 0.15) is 20.8 Å². The summed E-state index contributed by atoms with van der Waals surface area (Å²) < 4.78 is 3.71. The van der Waals surface area contributed by atoms with E-state index < -0.39 is 0 Å². The van der Waals surface area contributed by atoms with Crippen molar-refractivity contribution in [3.63, 3.8) is 0 Å². The van der Waals surface area contributed by atoms with E-state index in [-0.39, 0.29) is 11.8 Å². The number of benzene rings is 1. The highest BCUT2D eigenvalue weighted by molar-refractivity contribution is 6.31. The van der Waals surface area contributed by atoms with Crippen LogP contribution in [0.25, 0.3) is 27.5 Å². The zero-order valence-electron chi connectivity index (χ0n) is 11.6. The fourth-order valence-corrected chi connectivity index (χ4v) is 3.47. The average Bonchev–Trinajstić information content (AvgIpc) is 3.16. The molecule has 1 aliphatic rings. The van der Waals surface area contributed by atoms with Gasteiger partial charge < -0.3 is 4.57 Å². The molecule has 0 saturated carbocycles. The SMILES string of the molecule is Cn1c2ccccc2c2c3c(n4ccnc4c21)C(=O)NC3=O. The number of aryl methyl sites for hydroxylation is 1. The molecule has 4 heterocycles. The molecule has 0 bridgehead atoms. The number of fused-ring (bicyclic) bond motifs is 8. The minimum absolute atomic E-state index is 0.350. The zero-order chi connectivity index (χ0) is 15.0. The van der Waals surface area contributed by atoms with Gasteiger partial charge in [-0.25, -0.2) is 4.98 Å². The van der Waals surface area contributed by atoms with E-state index in [4.69, 9.17) is 0 Å². The van der Waals surface area contributed by atoms with Crippen LogP contribution in [0.2, 0.25) is 0 Å². The van der Waals surface area contributed by atoms with Gasteiger partial charge in [-0.1, -0.05) is 18.2 Å². The first-order valence-electron chi connectivity index (χ1n) is 6.90. The highest BCUT2D eigenvalue weighted by atomic mass is 16.2. The number of carbonyl (C=O) groups excluding carboxylic acids is 2. The maximum Gasteiger partial charge on any atom is 0.276 e. The van der Waals surface area contributed by atoms with Gasteiger partial charge in [0.05, 0.1) is 11.1 Å². The summed E-state index contributed by atoms with van der Waals surface area (Å²) in [6.45, 7) is 0. The Kier molecular flexibility index (Phi) is 1.85. The summed E-state index contributed by atoms with van der Waals surface area (Å²) in [5, 5.41) is 4.13. The Labute approximate surface area is 124 Å². The smallest absolute Gasteiger partial charge is 0.276 e. The molecule has 6 heteroatoms. The molecule has 5 rings (SSSR count). The second-order valence-electron chi connectivity index (χ2n) is 5.43. The minimum Gasteiger partial charge on any atom is -0.341 e. The first kappa shape index (κ1) is 11.5. The largest absolute Gasteiger partial charge is 0.341 e. The predicted molar refractivity (Wildman–Crippen MR) is 81.0 cm³/mol. The number of hydrogen-bond donors (Lipinski definition) is 1. The maximum absolute atomic E-state index is 12.3. The van der Waals surface area contributed by atoms with Gasteiger partial charge in [-0.05, 0) is 6.07 Å². The first-order chi connectivity index (χ1) is 10.7. The van der Waals surface area contributed by atoms with Crippen molar-refractivity contribution in [2.24, 2.45) is 7.05 Å². The van der Waals surface area contributed by atoms with Gasteiger partial charge in [-0.15, -0.1) is 0 Å². The van der Waals surface area contributed by atoms with Crippen LogP contribution in [0.5, 0.6) is 0 Å². The monoisotopic (exact) mass is 290 g/mol. The summed E-state index contributed by atoms with van der Waals surface area (Å²) >= 11 is 0. The van der Waals surface area contributed by atoms with Crippen molar-refractivity contribution in [2.75, 3.05) is 0 Å². The highest BCUT2D eigenvalue weighted by Crippen LogP contribution is 2.36. The van der Waals surface area contributed by atoms with Crippen LogP contribution in [-0.2, 0) is 7.05 Å². The Morgan fingerprint density at radius 1 is 1.14 bits per heavy atom. The molecule has 106 valence electrons. The minimum atomic E-state index is -0.377. The van der Waals surface area contributed by atoms with Crippen LogP contribution in [0.3, 0.4) is 0 Å². The number of aromatic nitrogens is 3.